The molecule has 0 fully saturated rings. The van der Waals surface area contributed by atoms with Gasteiger partial charge in [-0.3, -0.25) is 0 Å². The molecule has 1 heterocycles. The van der Waals surface area contributed by atoms with Crippen molar-refractivity contribution in [3.8, 4) is 0 Å². The number of halogens is 1. The summed E-state index contributed by atoms with van der Waals surface area (Å²) in [5.41, 5.74) is 0. The normalized spacial score (nSPS) is 10.1. The summed E-state index contributed by atoms with van der Waals surface area (Å²) >= 11 is 3.26. The molecule has 0 saturated carbocycles. The van der Waals surface area contributed by atoms with E-state index in [1.165, 1.54) is 0 Å². The molecule has 1 aromatic heterocycles. The molecule has 0 spiro atoms. The first-order valence-corrected chi connectivity index (χ1v) is 4.90. The lowest BCUT2D eigenvalue weighted by Crippen LogP contribution is -2.27. The zero-order chi connectivity index (χ0) is 9.68. The average Bonchev–Trinajstić information content (AvgIpc) is 2.16. The van der Waals surface area contributed by atoms with E-state index in [1.54, 1.807) is 12.4 Å². The molecule has 5 heteroatoms. The Kier molecular flexibility index (Phi) is 4.11. The van der Waals surface area contributed by atoms with Gasteiger partial charge in [0.1, 0.15) is 0 Å². The molecular formula is C8H12BrN3O. The second-order valence-corrected chi connectivity index (χ2v) is 3.42. The van der Waals surface area contributed by atoms with Gasteiger partial charge in [-0.2, -0.15) is 0 Å². The first-order valence-electron chi connectivity index (χ1n) is 4.11. The Labute approximate surface area is 85.8 Å². The fraction of sp³-hybridized carbons (Fsp3) is 0.500. The number of aliphatic hydroxyl groups excluding tert-OH is 1. The highest BCUT2D eigenvalue weighted by Crippen LogP contribution is 2.10. The Bertz CT molecular complexity index is 252. The maximum atomic E-state index is 8.78. The lowest BCUT2D eigenvalue weighted by Gasteiger charge is -2.18. The first-order chi connectivity index (χ1) is 6.27. The Morgan fingerprint density at radius 1 is 1.46 bits per heavy atom. The van der Waals surface area contributed by atoms with Crippen LogP contribution in [-0.4, -0.2) is 34.8 Å². The fourth-order valence-corrected chi connectivity index (χ4v) is 1.19. The van der Waals surface area contributed by atoms with Crippen LogP contribution in [0, 0.1) is 0 Å². The van der Waals surface area contributed by atoms with E-state index >= 15 is 0 Å². The third-order valence-corrected chi connectivity index (χ3v) is 2.05. The van der Waals surface area contributed by atoms with Crippen LogP contribution in [0.4, 0.5) is 5.95 Å². The summed E-state index contributed by atoms with van der Waals surface area (Å²) in [7, 11) is 0. The highest BCUT2D eigenvalue weighted by atomic mass is 79.9. The molecule has 0 aromatic carbocycles. The molecule has 1 rings (SSSR count). The maximum absolute atomic E-state index is 8.78. The van der Waals surface area contributed by atoms with E-state index in [1.807, 2.05) is 11.8 Å². The molecule has 0 unspecified atom stereocenters. The summed E-state index contributed by atoms with van der Waals surface area (Å²) in [6.07, 6.45) is 3.39. The number of hydrogen-bond acceptors (Lipinski definition) is 4. The molecule has 72 valence electrons. The van der Waals surface area contributed by atoms with Gasteiger partial charge in [0.2, 0.25) is 5.95 Å². The number of nitrogens with zero attached hydrogens (tertiary/aromatic N) is 3. The van der Waals surface area contributed by atoms with Crippen molar-refractivity contribution in [2.75, 3.05) is 24.6 Å². The second-order valence-electron chi connectivity index (χ2n) is 2.50. The minimum absolute atomic E-state index is 0.118. The molecule has 0 saturated heterocycles. The summed E-state index contributed by atoms with van der Waals surface area (Å²) in [6, 6.07) is 0. The summed E-state index contributed by atoms with van der Waals surface area (Å²) < 4.78 is 0.858. The van der Waals surface area contributed by atoms with Gasteiger partial charge in [0.25, 0.3) is 0 Å². The molecule has 1 N–H and O–H groups in total. The monoisotopic (exact) mass is 245 g/mol. The molecule has 0 amide bonds. The molecule has 0 aliphatic carbocycles. The van der Waals surface area contributed by atoms with Crippen molar-refractivity contribution >= 4 is 21.9 Å². The largest absolute Gasteiger partial charge is 0.395 e. The third-order valence-electron chi connectivity index (χ3n) is 1.64. The predicted molar refractivity (Wildman–Crippen MR) is 54.7 cm³/mol. The lowest BCUT2D eigenvalue weighted by molar-refractivity contribution is 0.301. The van der Waals surface area contributed by atoms with Crippen LogP contribution in [-0.2, 0) is 0 Å². The third kappa shape index (κ3) is 2.93. The summed E-state index contributed by atoms with van der Waals surface area (Å²) in [4.78, 5) is 10.2. The molecule has 0 atom stereocenters. The predicted octanol–water partition coefficient (Wildman–Crippen LogP) is 1.06. The number of rotatable bonds is 4. The van der Waals surface area contributed by atoms with Gasteiger partial charge in [-0.1, -0.05) is 0 Å². The van der Waals surface area contributed by atoms with Crippen molar-refractivity contribution in [2.45, 2.75) is 6.92 Å². The van der Waals surface area contributed by atoms with Gasteiger partial charge < -0.3 is 10.0 Å². The minimum Gasteiger partial charge on any atom is -0.395 e. The van der Waals surface area contributed by atoms with Crippen molar-refractivity contribution in [3.63, 3.8) is 0 Å². The quantitative estimate of drug-likeness (QED) is 0.862. The molecule has 0 aliphatic heterocycles. The minimum atomic E-state index is 0.118. The van der Waals surface area contributed by atoms with E-state index in [0.29, 0.717) is 12.5 Å². The molecular weight excluding hydrogens is 234 g/mol. The standard InChI is InChI=1S/C8H12BrN3O/c1-2-12(3-4-13)8-10-5-7(9)6-11-8/h5-6,13H,2-4H2,1H3. The molecule has 0 radical (unpaired) electrons. The zero-order valence-electron chi connectivity index (χ0n) is 7.44. The first kappa shape index (κ1) is 10.4. The molecule has 0 aliphatic rings. The molecule has 13 heavy (non-hydrogen) atoms. The van der Waals surface area contributed by atoms with Gasteiger partial charge in [-0.15, -0.1) is 0 Å². The fourth-order valence-electron chi connectivity index (χ4n) is 0.989. The number of aromatic nitrogens is 2. The number of aliphatic hydroxyl groups is 1. The van der Waals surface area contributed by atoms with Crippen LogP contribution in [0.3, 0.4) is 0 Å². The summed E-state index contributed by atoms with van der Waals surface area (Å²) in [5, 5.41) is 8.78. The highest BCUT2D eigenvalue weighted by molar-refractivity contribution is 9.10. The Balaban J connectivity index is 2.73. The van der Waals surface area contributed by atoms with Crippen molar-refractivity contribution in [1.82, 2.24) is 9.97 Å². The Morgan fingerprint density at radius 3 is 2.54 bits per heavy atom. The van der Waals surface area contributed by atoms with Crippen LogP contribution in [0.2, 0.25) is 0 Å². The highest BCUT2D eigenvalue weighted by Gasteiger charge is 2.05. The average molecular weight is 246 g/mol. The Hall–Kier alpha value is -0.680. The van der Waals surface area contributed by atoms with E-state index in [9.17, 15) is 0 Å². The van der Waals surface area contributed by atoms with Crippen LogP contribution < -0.4 is 4.90 Å². The van der Waals surface area contributed by atoms with Gasteiger partial charge >= 0.3 is 0 Å². The number of anilines is 1. The van der Waals surface area contributed by atoms with Gasteiger partial charge in [0.05, 0.1) is 11.1 Å². The van der Waals surface area contributed by atoms with E-state index in [0.717, 1.165) is 11.0 Å². The van der Waals surface area contributed by atoms with E-state index in [-0.39, 0.29) is 6.61 Å². The molecule has 0 bridgehead atoms. The van der Waals surface area contributed by atoms with E-state index in [2.05, 4.69) is 25.9 Å². The van der Waals surface area contributed by atoms with Crippen LogP contribution in [0.5, 0.6) is 0 Å². The van der Waals surface area contributed by atoms with Crippen molar-refractivity contribution in [2.24, 2.45) is 0 Å². The van der Waals surface area contributed by atoms with Crippen LogP contribution >= 0.6 is 15.9 Å². The molecule has 1 aromatic rings. The van der Waals surface area contributed by atoms with Crippen molar-refractivity contribution in [1.29, 1.82) is 0 Å². The summed E-state index contributed by atoms with van der Waals surface area (Å²) in [5.74, 6) is 0.653. The van der Waals surface area contributed by atoms with Gasteiger partial charge in [-0.25, -0.2) is 9.97 Å². The van der Waals surface area contributed by atoms with E-state index < -0.39 is 0 Å². The topological polar surface area (TPSA) is 49.2 Å². The van der Waals surface area contributed by atoms with Crippen LogP contribution in [0.25, 0.3) is 0 Å². The van der Waals surface area contributed by atoms with Crippen LogP contribution in [0.15, 0.2) is 16.9 Å². The second kappa shape index (κ2) is 5.14. The van der Waals surface area contributed by atoms with E-state index in [4.69, 9.17) is 5.11 Å². The van der Waals surface area contributed by atoms with Gasteiger partial charge in [-0.05, 0) is 22.9 Å². The number of hydrogen-bond donors (Lipinski definition) is 1. The smallest absolute Gasteiger partial charge is 0.225 e. The van der Waals surface area contributed by atoms with Gasteiger partial charge in [0, 0.05) is 25.5 Å². The van der Waals surface area contributed by atoms with Crippen molar-refractivity contribution < 1.29 is 5.11 Å². The Morgan fingerprint density at radius 2 is 2.08 bits per heavy atom. The molecule has 4 nitrogen and oxygen atoms in total. The van der Waals surface area contributed by atoms with Crippen LogP contribution in [0.1, 0.15) is 6.92 Å². The maximum Gasteiger partial charge on any atom is 0.225 e. The lowest BCUT2D eigenvalue weighted by atomic mass is 10.5. The van der Waals surface area contributed by atoms with Crippen molar-refractivity contribution in [3.05, 3.63) is 16.9 Å². The zero-order valence-corrected chi connectivity index (χ0v) is 9.03. The summed E-state index contributed by atoms with van der Waals surface area (Å²) in [6.45, 7) is 3.48. The SMILES string of the molecule is CCN(CCO)c1ncc(Br)cn1. The van der Waals surface area contributed by atoms with Gasteiger partial charge in [0.15, 0.2) is 0 Å². The number of likely N-dealkylation sites (N-methyl/N-ethyl adjacent to an activating group) is 1.